The molecule has 1 aliphatic heterocycles. The lowest BCUT2D eigenvalue weighted by Gasteiger charge is -2.30. The number of benzene rings is 1. The number of rotatable bonds is 3. The Kier molecular flexibility index (Phi) is 4.40. The summed E-state index contributed by atoms with van der Waals surface area (Å²) in [5, 5.41) is 6.76. The van der Waals surface area contributed by atoms with Crippen molar-refractivity contribution in [3.8, 4) is 16.3 Å². The molecule has 2 aromatic heterocycles. The van der Waals surface area contributed by atoms with Crippen molar-refractivity contribution in [2.45, 2.75) is 19.8 Å². The van der Waals surface area contributed by atoms with E-state index in [1.807, 2.05) is 63.6 Å². The van der Waals surface area contributed by atoms with Gasteiger partial charge in [0.2, 0.25) is 0 Å². The fraction of sp³-hybridized carbons (Fsp3) is 0.300. The van der Waals surface area contributed by atoms with Gasteiger partial charge in [-0.25, -0.2) is 4.68 Å². The van der Waals surface area contributed by atoms with Crippen LogP contribution in [0.3, 0.4) is 0 Å². The van der Waals surface area contributed by atoms with Gasteiger partial charge in [-0.1, -0.05) is 31.2 Å². The van der Waals surface area contributed by atoms with E-state index in [-0.39, 0.29) is 5.91 Å². The quantitative estimate of drug-likeness (QED) is 0.698. The minimum atomic E-state index is 0.0946. The summed E-state index contributed by atoms with van der Waals surface area (Å²) < 4.78 is 1.82. The van der Waals surface area contributed by atoms with Gasteiger partial charge in [-0.3, -0.25) is 4.79 Å². The van der Waals surface area contributed by atoms with E-state index >= 15 is 0 Å². The molecular formula is C20H21N3OS. The molecule has 0 saturated carbocycles. The van der Waals surface area contributed by atoms with Gasteiger partial charge in [-0.15, -0.1) is 11.3 Å². The number of hydrogen-bond donors (Lipinski definition) is 0. The smallest absolute Gasteiger partial charge is 0.257 e. The van der Waals surface area contributed by atoms with Gasteiger partial charge >= 0.3 is 0 Å². The van der Waals surface area contributed by atoms with Crippen LogP contribution in [-0.2, 0) is 0 Å². The Hall–Kier alpha value is -2.40. The zero-order valence-corrected chi connectivity index (χ0v) is 15.1. The lowest BCUT2D eigenvalue weighted by atomic mass is 9.99. The number of piperidine rings is 1. The van der Waals surface area contributed by atoms with Crippen LogP contribution < -0.4 is 0 Å². The molecule has 1 saturated heterocycles. The highest BCUT2D eigenvalue weighted by Crippen LogP contribution is 2.29. The van der Waals surface area contributed by atoms with Crippen molar-refractivity contribution in [1.29, 1.82) is 0 Å². The molecule has 0 N–H and O–H groups in total. The first kappa shape index (κ1) is 16.1. The largest absolute Gasteiger partial charge is 0.338 e. The molecule has 128 valence electrons. The first-order chi connectivity index (χ1) is 12.2. The van der Waals surface area contributed by atoms with Gasteiger partial charge in [0.25, 0.3) is 5.91 Å². The highest BCUT2D eigenvalue weighted by Gasteiger charge is 2.26. The number of para-hydroxylation sites is 1. The van der Waals surface area contributed by atoms with Crippen LogP contribution >= 0.6 is 11.3 Å². The zero-order valence-electron chi connectivity index (χ0n) is 14.3. The average Bonchev–Trinajstić information content (AvgIpc) is 3.31. The number of amides is 1. The topological polar surface area (TPSA) is 38.1 Å². The SMILES string of the molecule is CC1CCCN(C(=O)c2cn(-c3ccccc3)nc2-c2cccs2)C1. The first-order valence-electron chi connectivity index (χ1n) is 8.70. The minimum absolute atomic E-state index is 0.0946. The molecule has 1 fully saturated rings. The number of carbonyl (C=O) groups excluding carboxylic acids is 1. The van der Waals surface area contributed by atoms with Crippen LogP contribution in [0.5, 0.6) is 0 Å². The van der Waals surface area contributed by atoms with Gasteiger partial charge in [-0.2, -0.15) is 5.10 Å². The third kappa shape index (κ3) is 3.24. The molecule has 4 nitrogen and oxygen atoms in total. The molecule has 0 radical (unpaired) electrons. The molecule has 1 aliphatic rings. The summed E-state index contributed by atoms with van der Waals surface area (Å²) in [5.74, 6) is 0.657. The van der Waals surface area contributed by atoms with Gasteiger partial charge < -0.3 is 4.90 Å². The number of hydrogen-bond acceptors (Lipinski definition) is 3. The third-order valence-corrected chi connectivity index (χ3v) is 5.54. The minimum Gasteiger partial charge on any atom is -0.338 e. The Balaban J connectivity index is 1.75. The van der Waals surface area contributed by atoms with Crippen molar-refractivity contribution in [3.63, 3.8) is 0 Å². The summed E-state index contributed by atoms with van der Waals surface area (Å²) >= 11 is 1.62. The highest BCUT2D eigenvalue weighted by atomic mass is 32.1. The number of carbonyl (C=O) groups is 1. The van der Waals surface area contributed by atoms with E-state index in [1.54, 1.807) is 11.3 Å². The predicted octanol–water partition coefficient (Wildman–Crippen LogP) is 4.47. The van der Waals surface area contributed by atoms with Crippen molar-refractivity contribution in [3.05, 3.63) is 59.6 Å². The van der Waals surface area contributed by atoms with E-state index in [0.717, 1.165) is 35.8 Å². The second-order valence-electron chi connectivity index (χ2n) is 6.65. The molecule has 0 bridgehead atoms. The molecule has 1 unspecified atom stereocenters. The Labute approximate surface area is 151 Å². The van der Waals surface area contributed by atoms with E-state index in [2.05, 4.69) is 6.92 Å². The Morgan fingerprint density at radius 2 is 2.04 bits per heavy atom. The van der Waals surface area contributed by atoms with E-state index in [1.165, 1.54) is 6.42 Å². The Morgan fingerprint density at radius 1 is 1.20 bits per heavy atom. The normalized spacial score (nSPS) is 17.6. The lowest BCUT2D eigenvalue weighted by Crippen LogP contribution is -2.39. The standard InChI is InChI=1S/C20H21N3OS/c1-15-7-5-11-22(13-15)20(24)17-14-23(16-8-3-2-4-9-16)21-19(17)18-10-6-12-25-18/h2-4,6,8-10,12,14-15H,5,7,11,13H2,1H3. The van der Waals surface area contributed by atoms with Crippen LogP contribution in [0.2, 0.25) is 0 Å². The summed E-state index contributed by atoms with van der Waals surface area (Å²) in [6.45, 7) is 3.88. The van der Waals surface area contributed by atoms with Crippen molar-refractivity contribution in [1.82, 2.24) is 14.7 Å². The van der Waals surface area contributed by atoms with Gasteiger partial charge in [0, 0.05) is 19.3 Å². The van der Waals surface area contributed by atoms with E-state index in [0.29, 0.717) is 11.5 Å². The first-order valence-corrected chi connectivity index (χ1v) is 9.58. The average molecular weight is 351 g/mol. The van der Waals surface area contributed by atoms with Crippen molar-refractivity contribution >= 4 is 17.2 Å². The number of aromatic nitrogens is 2. The molecule has 3 aromatic rings. The van der Waals surface area contributed by atoms with E-state index in [9.17, 15) is 4.79 Å². The van der Waals surface area contributed by atoms with Crippen LogP contribution in [0.15, 0.2) is 54.0 Å². The molecule has 3 heterocycles. The van der Waals surface area contributed by atoms with Crippen LogP contribution in [0.4, 0.5) is 0 Å². The third-order valence-electron chi connectivity index (χ3n) is 4.66. The summed E-state index contributed by atoms with van der Waals surface area (Å²) in [6, 6.07) is 14.0. The number of thiophene rings is 1. The van der Waals surface area contributed by atoms with Crippen molar-refractivity contribution in [2.24, 2.45) is 5.92 Å². The molecule has 5 heteroatoms. The molecular weight excluding hydrogens is 330 g/mol. The molecule has 4 rings (SSSR count). The maximum Gasteiger partial charge on any atom is 0.257 e. The van der Waals surface area contributed by atoms with E-state index in [4.69, 9.17) is 5.10 Å². The van der Waals surface area contributed by atoms with Crippen LogP contribution in [0, 0.1) is 5.92 Å². The number of likely N-dealkylation sites (tertiary alicyclic amines) is 1. The fourth-order valence-electron chi connectivity index (χ4n) is 3.38. The van der Waals surface area contributed by atoms with E-state index < -0.39 is 0 Å². The predicted molar refractivity (Wildman–Crippen MR) is 101 cm³/mol. The second kappa shape index (κ2) is 6.84. The maximum atomic E-state index is 13.2. The monoisotopic (exact) mass is 351 g/mol. The van der Waals surface area contributed by atoms with Crippen molar-refractivity contribution in [2.75, 3.05) is 13.1 Å². The lowest BCUT2D eigenvalue weighted by molar-refractivity contribution is 0.0684. The Morgan fingerprint density at radius 3 is 2.76 bits per heavy atom. The van der Waals surface area contributed by atoms with Crippen molar-refractivity contribution < 1.29 is 4.79 Å². The van der Waals surface area contributed by atoms with Gasteiger partial charge in [0.15, 0.2) is 0 Å². The fourth-order valence-corrected chi connectivity index (χ4v) is 4.11. The zero-order chi connectivity index (χ0) is 17.2. The molecule has 0 aliphatic carbocycles. The summed E-state index contributed by atoms with van der Waals surface area (Å²) in [5.41, 5.74) is 2.44. The number of nitrogens with zero attached hydrogens (tertiary/aromatic N) is 3. The van der Waals surface area contributed by atoms with Crippen LogP contribution in [0.1, 0.15) is 30.1 Å². The summed E-state index contributed by atoms with van der Waals surface area (Å²) in [7, 11) is 0. The van der Waals surface area contributed by atoms with Gasteiger partial charge in [0.05, 0.1) is 16.1 Å². The highest BCUT2D eigenvalue weighted by molar-refractivity contribution is 7.13. The van der Waals surface area contributed by atoms with Gasteiger partial charge in [-0.05, 0) is 42.3 Å². The molecule has 1 aromatic carbocycles. The van der Waals surface area contributed by atoms with Crippen LogP contribution in [0.25, 0.3) is 16.3 Å². The molecule has 1 atom stereocenters. The van der Waals surface area contributed by atoms with Gasteiger partial charge in [0.1, 0.15) is 5.69 Å². The summed E-state index contributed by atoms with van der Waals surface area (Å²) in [4.78, 5) is 16.2. The molecule has 0 spiro atoms. The second-order valence-corrected chi connectivity index (χ2v) is 7.60. The molecule has 1 amide bonds. The summed E-state index contributed by atoms with van der Waals surface area (Å²) in [6.07, 6.45) is 4.16. The Bertz CT molecular complexity index is 854. The molecule has 25 heavy (non-hydrogen) atoms. The van der Waals surface area contributed by atoms with Crippen LogP contribution in [-0.4, -0.2) is 33.7 Å². The maximum absolute atomic E-state index is 13.2.